The zero-order valence-corrected chi connectivity index (χ0v) is 17.7. The van der Waals surface area contributed by atoms with E-state index < -0.39 is 5.41 Å². The van der Waals surface area contributed by atoms with Gasteiger partial charge in [0.15, 0.2) is 5.96 Å². The van der Waals surface area contributed by atoms with Crippen molar-refractivity contribution in [3.63, 3.8) is 0 Å². The maximum absolute atomic E-state index is 11.9. The Morgan fingerprint density at radius 3 is 2.41 bits per heavy atom. The van der Waals surface area contributed by atoms with Crippen LogP contribution in [0.2, 0.25) is 0 Å². The van der Waals surface area contributed by atoms with E-state index in [4.69, 9.17) is 0 Å². The number of rotatable bonds is 9. The van der Waals surface area contributed by atoms with Crippen LogP contribution in [0.4, 0.5) is 0 Å². The minimum atomic E-state index is -0.596. The molecule has 27 heavy (non-hydrogen) atoms. The molecule has 1 aromatic carbocycles. The van der Waals surface area contributed by atoms with Crippen LogP contribution in [0.1, 0.15) is 13.8 Å². The van der Waals surface area contributed by atoms with Gasteiger partial charge >= 0.3 is 0 Å². The summed E-state index contributed by atoms with van der Waals surface area (Å²) < 4.78 is 0. The van der Waals surface area contributed by atoms with E-state index in [1.54, 1.807) is 32.9 Å². The highest BCUT2D eigenvalue weighted by Crippen LogP contribution is 2.16. The largest absolute Gasteiger partial charge is 0.359 e. The third-order valence-corrected chi connectivity index (χ3v) is 4.83. The second kappa shape index (κ2) is 11.5. The van der Waals surface area contributed by atoms with Gasteiger partial charge in [0.1, 0.15) is 6.54 Å². The van der Waals surface area contributed by atoms with Crippen LogP contribution in [0.25, 0.3) is 0 Å². The molecule has 3 N–H and O–H groups in total. The zero-order valence-electron chi connectivity index (χ0n) is 16.8. The Labute approximate surface area is 166 Å². The number of hydrogen-bond donors (Lipinski definition) is 3. The third-order valence-electron chi connectivity index (χ3n) is 3.82. The van der Waals surface area contributed by atoms with Crippen molar-refractivity contribution in [1.82, 2.24) is 20.9 Å². The van der Waals surface area contributed by atoms with Crippen LogP contribution in [0.5, 0.6) is 0 Å². The Morgan fingerprint density at radius 1 is 1.15 bits per heavy atom. The predicted molar refractivity (Wildman–Crippen MR) is 112 cm³/mol. The molecule has 7 nitrogen and oxygen atoms in total. The van der Waals surface area contributed by atoms with Crippen molar-refractivity contribution in [3.8, 4) is 0 Å². The van der Waals surface area contributed by atoms with Crippen LogP contribution in [0.15, 0.2) is 40.2 Å². The number of benzene rings is 1. The molecule has 0 unspecified atom stereocenters. The zero-order chi connectivity index (χ0) is 20.3. The van der Waals surface area contributed by atoms with Crippen LogP contribution >= 0.6 is 11.8 Å². The molecule has 0 aliphatic heterocycles. The van der Waals surface area contributed by atoms with Gasteiger partial charge in [-0.1, -0.05) is 18.2 Å². The number of likely N-dealkylation sites (N-methyl/N-ethyl adjacent to an activating group) is 1. The van der Waals surface area contributed by atoms with Gasteiger partial charge in [0, 0.05) is 44.9 Å². The van der Waals surface area contributed by atoms with Crippen molar-refractivity contribution in [2.24, 2.45) is 10.4 Å². The van der Waals surface area contributed by atoms with Crippen LogP contribution in [-0.2, 0) is 9.59 Å². The fourth-order valence-electron chi connectivity index (χ4n) is 2.04. The van der Waals surface area contributed by atoms with E-state index in [2.05, 4.69) is 33.1 Å². The molecule has 0 heterocycles. The van der Waals surface area contributed by atoms with Gasteiger partial charge in [-0.15, -0.1) is 11.8 Å². The molecular formula is C19H31N5O2S. The molecule has 0 radical (unpaired) electrons. The van der Waals surface area contributed by atoms with Crippen molar-refractivity contribution >= 4 is 29.5 Å². The highest BCUT2D eigenvalue weighted by molar-refractivity contribution is 7.99. The van der Waals surface area contributed by atoms with Gasteiger partial charge in [-0.2, -0.15) is 0 Å². The molecule has 0 aliphatic rings. The number of guanidine groups is 1. The number of thioether (sulfide) groups is 1. The normalized spacial score (nSPS) is 11.7. The lowest BCUT2D eigenvalue weighted by molar-refractivity contribution is -0.128. The minimum Gasteiger partial charge on any atom is -0.359 e. The lowest BCUT2D eigenvalue weighted by atomic mass is 9.92. The highest BCUT2D eigenvalue weighted by Gasteiger charge is 2.26. The van der Waals surface area contributed by atoms with Crippen molar-refractivity contribution in [2.75, 3.05) is 46.5 Å². The average molecular weight is 394 g/mol. The lowest BCUT2D eigenvalue weighted by Crippen LogP contribution is -2.47. The fraction of sp³-hybridized carbons (Fsp3) is 0.526. The number of amides is 2. The number of carbonyl (C=O) groups is 2. The quantitative estimate of drug-likeness (QED) is 0.254. The van der Waals surface area contributed by atoms with Crippen molar-refractivity contribution in [2.45, 2.75) is 18.7 Å². The van der Waals surface area contributed by atoms with Crippen LogP contribution in [0, 0.1) is 5.41 Å². The molecule has 0 saturated heterocycles. The standard InChI is InChI=1S/C19H31N5O2S/c1-19(2,17(26)20-3)14-23-18(22-13-16(25)24(4)5)21-11-12-27-15-9-7-6-8-10-15/h6-10H,11-14H2,1-5H3,(H,20,26)(H2,21,22,23). The van der Waals surface area contributed by atoms with Gasteiger partial charge in [0.25, 0.3) is 0 Å². The van der Waals surface area contributed by atoms with Gasteiger partial charge in [0.05, 0.1) is 5.41 Å². The van der Waals surface area contributed by atoms with Crippen molar-refractivity contribution in [1.29, 1.82) is 0 Å². The summed E-state index contributed by atoms with van der Waals surface area (Å²) in [6, 6.07) is 10.2. The Morgan fingerprint density at radius 2 is 1.81 bits per heavy atom. The van der Waals surface area contributed by atoms with E-state index in [0.29, 0.717) is 19.0 Å². The summed E-state index contributed by atoms with van der Waals surface area (Å²) in [6.07, 6.45) is 0. The molecule has 0 aromatic heterocycles. The Bertz CT molecular complexity index is 632. The van der Waals surface area contributed by atoms with E-state index in [-0.39, 0.29) is 18.4 Å². The highest BCUT2D eigenvalue weighted by atomic mass is 32.2. The first kappa shape index (κ1) is 22.8. The molecule has 0 aliphatic carbocycles. The monoisotopic (exact) mass is 393 g/mol. The molecule has 150 valence electrons. The van der Waals surface area contributed by atoms with E-state index in [0.717, 1.165) is 5.75 Å². The summed E-state index contributed by atoms with van der Waals surface area (Å²) in [4.78, 5) is 30.8. The summed E-state index contributed by atoms with van der Waals surface area (Å²) in [5, 5.41) is 9.06. The van der Waals surface area contributed by atoms with E-state index in [1.807, 2.05) is 32.0 Å². The van der Waals surface area contributed by atoms with Gasteiger partial charge < -0.3 is 20.9 Å². The molecule has 0 saturated carbocycles. The second-order valence-electron chi connectivity index (χ2n) is 6.86. The summed E-state index contributed by atoms with van der Waals surface area (Å²) in [7, 11) is 5.01. The minimum absolute atomic E-state index is 0.0502. The fourth-order valence-corrected chi connectivity index (χ4v) is 2.83. The molecule has 0 bridgehead atoms. The topological polar surface area (TPSA) is 85.8 Å². The first-order chi connectivity index (χ1) is 12.8. The predicted octanol–water partition coefficient (Wildman–Crippen LogP) is 1.17. The number of carbonyl (C=O) groups excluding carboxylic acids is 2. The number of hydrogen-bond acceptors (Lipinski definition) is 4. The van der Waals surface area contributed by atoms with Gasteiger partial charge in [0.2, 0.25) is 11.8 Å². The van der Waals surface area contributed by atoms with Gasteiger partial charge in [-0.05, 0) is 26.0 Å². The van der Waals surface area contributed by atoms with E-state index >= 15 is 0 Å². The number of aliphatic imine (C=N–C) groups is 1. The SMILES string of the molecule is CNC(=O)C(C)(C)CNC(=NCC(=O)N(C)C)NCCSc1ccccc1. The first-order valence-electron chi connectivity index (χ1n) is 8.88. The van der Waals surface area contributed by atoms with Crippen LogP contribution in [-0.4, -0.2) is 69.2 Å². The second-order valence-corrected chi connectivity index (χ2v) is 8.03. The third kappa shape index (κ3) is 8.81. The molecular weight excluding hydrogens is 362 g/mol. The van der Waals surface area contributed by atoms with E-state index in [9.17, 15) is 9.59 Å². The summed E-state index contributed by atoms with van der Waals surface area (Å²) in [5.41, 5.74) is -0.596. The number of nitrogens with one attached hydrogen (secondary N) is 3. The molecule has 8 heteroatoms. The van der Waals surface area contributed by atoms with Crippen molar-refractivity contribution < 1.29 is 9.59 Å². The van der Waals surface area contributed by atoms with Crippen molar-refractivity contribution in [3.05, 3.63) is 30.3 Å². The van der Waals surface area contributed by atoms with Gasteiger partial charge in [-0.25, -0.2) is 4.99 Å². The van der Waals surface area contributed by atoms with Crippen LogP contribution < -0.4 is 16.0 Å². The first-order valence-corrected chi connectivity index (χ1v) is 9.87. The summed E-state index contributed by atoms with van der Waals surface area (Å²) in [6.45, 7) is 4.84. The maximum atomic E-state index is 11.9. The molecule has 1 rings (SSSR count). The Hall–Kier alpha value is -2.22. The average Bonchev–Trinajstić information content (AvgIpc) is 2.66. The summed E-state index contributed by atoms with van der Waals surface area (Å²) >= 11 is 1.74. The van der Waals surface area contributed by atoms with Gasteiger partial charge in [-0.3, -0.25) is 9.59 Å². The number of nitrogens with zero attached hydrogens (tertiary/aromatic N) is 2. The molecule has 1 aromatic rings. The Kier molecular flexibility index (Phi) is 9.71. The smallest absolute Gasteiger partial charge is 0.243 e. The summed E-state index contributed by atoms with van der Waals surface area (Å²) in [5.74, 6) is 1.24. The Balaban J connectivity index is 2.60. The molecule has 2 amide bonds. The molecule has 0 spiro atoms. The molecule has 0 fully saturated rings. The maximum Gasteiger partial charge on any atom is 0.243 e. The lowest BCUT2D eigenvalue weighted by Gasteiger charge is -2.24. The molecule has 0 atom stereocenters. The van der Waals surface area contributed by atoms with E-state index in [1.165, 1.54) is 9.80 Å². The van der Waals surface area contributed by atoms with Crippen LogP contribution in [0.3, 0.4) is 0 Å².